The summed E-state index contributed by atoms with van der Waals surface area (Å²) in [6.07, 6.45) is 14.6. The van der Waals surface area contributed by atoms with Gasteiger partial charge in [0.05, 0.1) is 25.2 Å². The van der Waals surface area contributed by atoms with E-state index in [1.54, 1.807) is 0 Å². The van der Waals surface area contributed by atoms with Gasteiger partial charge in [-0.15, -0.1) is 6.58 Å². The topological polar surface area (TPSA) is 65.0 Å². The van der Waals surface area contributed by atoms with Crippen LogP contribution in [-0.4, -0.2) is 43.3 Å². The highest BCUT2D eigenvalue weighted by Gasteiger charge is 2.33. The fraction of sp³-hybridized carbons (Fsp3) is 0.870. The van der Waals surface area contributed by atoms with Gasteiger partial charge in [-0.1, -0.05) is 51.0 Å². The zero-order valence-electron chi connectivity index (χ0n) is 18.1. The number of methoxy groups -OCH3 is 1. The number of carbonyl (C=O) groups excluding carboxylic acids is 1. The molecule has 1 saturated heterocycles. The Morgan fingerprint density at radius 3 is 2.36 bits per heavy atom. The molecule has 164 valence electrons. The first-order valence-electron chi connectivity index (χ1n) is 11.2. The summed E-state index contributed by atoms with van der Waals surface area (Å²) in [6.45, 7) is 6.26. The third-order valence-corrected chi connectivity index (χ3v) is 5.57. The van der Waals surface area contributed by atoms with Crippen LogP contribution in [0.1, 0.15) is 90.4 Å². The van der Waals surface area contributed by atoms with Crippen molar-refractivity contribution in [3.05, 3.63) is 12.7 Å². The van der Waals surface area contributed by atoms with Crippen LogP contribution < -0.4 is 0 Å². The molecule has 0 aliphatic carbocycles. The molecule has 1 aliphatic rings. The number of ether oxygens (including phenoxy) is 3. The first-order chi connectivity index (χ1) is 13.6. The van der Waals surface area contributed by atoms with Crippen molar-refractivity contribution in [2.24, 2.45) is 5.92 Å². The molecule has 1 rings (SSSR count). The number of esters is 1. The quantitative estimate of drug-likeness (QED) is 0.221. The largest absolute Gasteiger partial charge is 0.469 e. The van der Waals surface area contributed by atoms with Crippen molar-refractivity contribution in [2.45, 2.75) is 109 Å². The molecule has 0 bridgehead atoms. The van der Waals surface area contributed by atoms with Crippen LogP contribution in [0.5, 0.6) is 0 Å². The Bertz CT molecular complexity index is 406. The SMILES string of the molecule is C=CCCCCCCCCCCC(C(=O)OC)C(O)[C@H](C)OC1CCCCO1. The van der Waals surface area contributed by atoms with E-state index in [1.807, 2.05) is 13.0 Å². The Balaban J connectivity index is 2.25. The Morgan fingerprint density at radius 1 is 1.14 bits per heavy atom. The van der Waals surface area contributed by atoms with E-state index in [0.29, 0.717) is 13.0 Å². The van der Waals surface area contributed by atoms with Crippen LogP contribution in [0, 0.1) is 5.92 Å². The third kappa shape index (κ3) is 10.6. The van der Waals surface area contributed by atoms with Crippen molar-refractivity contribution < 1.29 is 24.1 Å². The van der Waals surface area contributed by atoms with Crippen LogP contribution in [0.4, 0.5) is 0 Å². The van der Waals surface area contributed by atoms with Crippen molar-refractivity contribution in [1.82, 2.24) is 0 Å². The minimum Gasteiger partial charge on any atom is -0.469 e. The number of rotatable bonds is 16. The molecule has 3 unspecified atom stereocenters. The minimum absolute atomic E-state index is 0.275. The van der Waals surface area contributed by atoms with Crippen LogP contribution in [0.3, 0.4) is 0 Å². The fourth-order valence-electron chi connectivity index (χ4n) is 3.76. The van der Waals surface area contributed by atoms with Crippen molar-refractivity contribution in [3.63, 3.8) is 0 Å². The highest BCUT2D eigenvalue weighted by molar-refractivity contribution is 5.73. The molecule has 28 heavy (non-hydrogen) atoms. The van der Waals surface area contributed by atoms with Gasteiger partial charge < -0.3 is 19.3 Å². The summed E-state index contributed by atoms with van der Waals surface area (Å²) in [6, 6.07) is 0. The monoisotopic (exact) mass is 398 g/mol. The second-order valence-electron chi connectivity index (χ2n) is 7.95. The van der Waals surface area contributed by atoms with E-state index in [0.717, 1.165) is 38.5 Å². The first-order valence-corrected chi connectivity index (χ1v) is 11.2. The lowest BCUT2D eigenvalue weighted by molar-refractivity contribution is -0.209. The molecule has 5 nitrogen and oxygen atoms in total. The molecule has 0 aromatic heterocycles. The van der Waals surface area contributed by atoms with Gasteiger partial charge in [0.25, 0.3) is 0 Å². The summed E-state index contributed by atoms with van der Waals surface area (Å²) in [4.78, 5) is 12.2. The van der Waals surface area contributed by atoms with Gasteiger partial charge in [0, 0.05) is 6.61 Å². The summed E-state index contributed by atoms with van der Waals surface area (Å²) in [5.41, 5.74) is 0. The summed E-state index contributed by atoms with van der Waals surface area (Å²) < 4.78 is 16.3. The van der Waals surface area contributed by atoms with Gasteiger partial charge in [-0.3, -0.25) is 4.79 Å². The fourth-order valence-corrected chi connectivity index (χ4v) is 3.76. The number of unbranched alkanes of at least 4 members (excludes halogenated alkanes) is 8. The molecular weight excluding hydrogens is 356 g/mol. The van der Waals surface area contributed by atoms with E-state index < -0.39 is 18.1 Å². The lowest BCUT2D eigenvalue weighted by Crippen LogP contribution is -2.41. The number of aliphatic hydroxyl groups is 1. The van der Waals surface area contributed by atoms with E-state index in [4.69, 9.17) is 14.2 Å². The third-order valence-electron chi connectivity index (χ3n) is 5.57. The van der Waals surface area contributed by atoms with E-state index in [1.165, 1.54) is 45.6 Å². The minimum atomic E-state index is -0.872. The summed E-state index contributed by atoms with van der Waals surface area (Å²) >= 11 is 0. The van der Waals surface area contributed by atoms with E-state index in [2.05, 4.69) is 6.58 Å². The van der Waals surface area contributed by atoms with Crippen molar-refractivity contribution in [1.29, 1.82) is 0 Å². The molecule has 1 heterocycles. The van der Waals surface area contributed by atoms with Gasteiger partial charge in [0.15, 0.2) is 6.29 Å². The highest BCUT2D eigenvalue weighted by atomic mass is 16.7. The number of allylic oxidation sites excluding steroid dienone is 1. The van der Waals surface area contributed by atoms with Crippen molar-refractivity contribution in [2.75, 3.05) is 13.7 Å². The summed E-state index contributed by atoms with van der Waals surface area (Å²) in [5, 5.41) is 10.7. The molecular formula is C23H42O5. The molecule has 5 heteroatoms. The Labute approximate surface area is 171 Å². The lowest BCUT2D eigenvalue weighted by atomic mass is 9.92. The molecule has 4 atom stereocenters. The van der Waals surface area contributed by atoms with Gasteiger partial charge in [-0.25, -0.2) is 0 Å². The van der Waals surface area contributed by atoms with Gasteiger partial charge in [0.2, 0.25) is 0 Å². The van der Waals surface area contributed by atoms with Gasteiger partial charge in [-0.05, 0) is 45.4 Å². The Hall–Kier alpha value is -0.910. The Morgan fingerprint density at radius 2 is 1.79 bits per heavy atom. The van der Waals surface area contributed by atoms with Crippen LogP contribution in [0.15, 0.2) is 12.7 Å². The number of carbonyl (C=O) groups is 1. The number of hydrogen-bond donors (Lipinski definition) is 1. The molecule has 0 radical (unpaired) electrons. The second kappa shape index (κ2) is 15.9. The predicted octanol–water partition coefficient (Wildman–Crippen LogP) is 5.16. The first kappa shape index (κ1) is 25.1. The van der Waals surface area contributed by atoms with Gasteiger partial charge >= 0.3 is 5.97 Å². The van der Waals surface area contributed by atoms with Crippen molar-refractivity contribution in [3.8, 4) is 0 Å². The van der Waals surface area contributed by atoms with Gasteiger partial charge in [-0.2, -0.15) is 0 Å². The van der Waals surface area contributed by atoms with Crippen LogP contribution in [0.25, 0.3) is 0 Å². The maximum Gasteiger partial charge on any atom is 0.311 e. The average Bonchev–Trinajstić information content (AvgIpc) is 2.72. The zero-order chi connectivity index (χ0) is 20.6. The average molecular weight is 399 g/mol. The number of hydrogen-bond acceptors (Lipinski definition) is 5. The normalized spacial score (nSPS) is 20.3. The second-order valence-corrected chi connectivity index (χ2v) is 7.95. The van der Waals surface area contributed by atoms with E-state index in [9.17, 15) is 9.90 Å². The molecule has 1 aliphatic heterocycles. The zero-order valence-corrected chi connectivity index (χ0v) is 18.1. The maximum atomic E-state index is 12.2. The molecule has 1 N–H and O–H groups in total. The lowest BCUT2D eigenvalue weighted by Gasteiger charge is -2.31. The van der Waals surface area contributed by atoms with Crippen molar-refractivity contribution >= 4 is 5.97 Å². The Kier molecular flexibility index (Phi) is 14.3. The molecule has 0 spiro atoms. The van der Waals surface area contributed by atoms with E-state index >= 15 is 0 Å². The molecule has 0 amide bonds. The molecule has 0 aromatic carbocycles. The van der Waals surface area contributed by atoms with Gasteiger partial charge in [0.1, 0.15) is 0 Å². The van der Waals surface area contributed by atoms with Crippen LogP contribution >= 0.6 is 0 Å². The van der Waals surface area contributed by atoms with E-state index in [-0.39, 0.29) is 12.3 Å². The number of aliphatic hydroxyl groups excluding tert-OH is 1. The maximum absolute atomic E-state index is 12.2. The standard InChI is InChI=1S/C23H42O5/c1-4-5-6-7-8-9-10-11-12-13-16-20(23(25)26-3)22(24)19(2)28-21-17-14-15-18-27-21/h4,19-22,24H,1,5-18H2,2-3H3/t19-,20?,21?,22?/m0/s1. The molecule has 1 fully saturated rings. The smallest absolute Gasteiger partial charge is 0.311 e. The van der Waals surface area contributed by atoms with Crippen LogP contribution in [0.2, 0.25) is 0 Å². The summed E-state index contributed by atoms with van der Waals surface area (Å²) in [7, 11) is 1.38. The molecule has 0 saturated carbocycles. The summed E-state index contributed by atoms with van der Waals surface area (Å²) in [5.74, 6) is -0.891. The molecule has 0 aromatic rings. The highest BCUT2D eigenvalue weighted by Crippen LogP contribution is 2.23. The predicted molar refractivity (Wildman–Crippen MR) is 112 cm³/mol. The van der Waals surface area contributed by atoms with Crippen LogP contribution in [-0.2, 0) is 19.0 Å².